The van der Waals surface area contributed by atoms with Gasteiger partial charge in [-0.1, -0.05) is 12.8 Å². The van der Waals surface area contributed by atoms with Crippen molar-refractivity contribution in [3.8, 4) is 0 Å². The largest absolute Gasteiger partial charge is 0.387 e. The molecule has 4 rings (SSSR count). The lowest BCUT2D eigenvalue weighted by atomic mass is 10.1. The van der Waals surface area contributed by atoms with E-state index in [-0.39, 0.29) is 17.0 Å². The molecule has 1 saturated carbocycles. The number of hydrogen-bond donors (Lipinski definition) is 5. The maximum Gasteiger partial charge on any atom is 0.357 e. The second kappa shape index (κ2) is 10.0. The number of nitrogens with zero attached hydrogens (tertiary/aromatic N) is 4. The molecule has 202 valence electrons. The Bertz CT molecular complexity index is 1270. The van der Waals surface area contributed by atoms with Crippen LogP contribution in [0.2, 0.25) is 5.28 Å². The van der Waals surface area contributed by atoms with Gasteiger partial charge in [0.05, 0.1) is 23.9 Å². The Hall–Kier alpha value is -1.42. The van der Waals surface area contributed by atoms with Crippen LogP contribution >= 0.6 is 19.2 Å². The van der Waals surface area contributed by atoms with Gasteiger partial charge in [-0.2, -0.15) is 15.1 Å². The lowest BCUT2D eigenvalue weighted by Crippen LogP contribution is -2.41. The summed E-state index contributed by atoms with van der Waals surface area (Å²) >= 11 is 6.13. The van der Waals surface area contributed by atoms with Crippen molar-refractivity contribution in [1.82, 2.24) is 19.7 Å². The quantitative estimate of drug-likeness (QED) is 0.205. The van der Waals surface area contributed by atoms with Crippen molar-refractivity contribution in [1.29, 1.82) is 0 Å². The first-order valence-corrected chi connectivity index (χ1v) is 15.3. The molecule has 5 N–H and O–H groups in total. The number of nitrogens with one attached hydrogen (secondary N) is 1. The maximum absolute atomic E-state index is 12.0. The molecule has 0 amide bonds. The molecule has 2 aromatic rings. The number of halogens is 1. The Kier molecular flexibility index (Phi) is 7.70. The summed E-state index contributed by atoms with van der Waals surface area (Å²) in [5.41, 5.74) is 0.241. The van der Waals surface area contributed by atoms with E-state index in [9.17, 15) is 33.0 Å². The fourth-order valence-electron chi connectivity index (χ4n) is 4.49. The highest BCUT2D eigenvalue weighted by Crippen LogP contribution is 2.52. The average molecular weight is 570 g/mol. The number of aromatic nitrogens is 4. The van der Waals surface area contributed by atoms with Gasteiger partial charge in [0, 0.05) is 12.3 Å². The number of rotatable bonds is 9. The van der Waals surface area contributed by atoms with Gasteiger partial charge < -0.3 is 34.8 Å². The lowest BCUT2D eigenvalue weighted by Gasteiger charge is -2.31. The summed E-state index contributed by atoms with van der Waals surface area (Å²) in [6, 6.07) is 0.231. The van der Waals surface area contributed by atoms with Crippen LogP contribution in [0.15, 0.2) is 6.20 Å². The van der Waals surface area contributed by atoms with Crippen molar-refractivity contribution in [3.63, 3.8) is 0 Å². The molecule has 2 fully saturated rings. The number of fused-ring (bicyclic) bond motifs is 1. The molecule has 0 bridgehead atoms. The summed E-state index contributed by atoms with van der Waals surface area (Å²) in [5.74, 6) is -0.482. The minimum absolute atomic E-state index is 0.0594. The topological polar surface area (TPSA) is 206 Å². The van der Waals surface area contributed by atoms with E-state index in [4.69, 9.17) is 21.1 Å². The van der Waals surface area contributed by atoms with E-state index in [2.05, 4.69) is 20.4 Å². The van der Waals surface area contributed by atoms with Crippen LogP contribution < -0.4 is 5.32 Å². The van der Waals surface area contributed by atoms with Crippen LogP contribution in [0.25, 0.3) is 11.0 Å². The zero-order valence-electron chi connectivity index (χ0n) is 19.6. The monoisotopic (exact) mass is 569 g/mol. The summed E-state index contributed by atoms with van der Waals surface area (Å²) in [6.45, 7) is 0.345. The molecule has 3 heterocycles. The summed E-state index contributed by atoms with van der Waals surface area (Å²) < 4.78 is 47.7. The van der Waals surface area contributed by atoms with E-state index in [0.717, 1.165) is 38.9 Å². The Balaban J connectivity index is 1.56. The van der Waals surface area contributed by atoms with Gasteiger partial charge in [-0.3, -0.25) is 4.57 Å². The predicted octanol–water partition coefficient (Wildman–Crippen LogP) is 0.408. The summed E-state index contributed by atoms with van der Waals surface area (Å²) in [5, 5.41) is 26.9. The third kappa shape index (κ3) is 5.69. The molecule has 1 aliphatic carbocycles. The van der Waals surface area contributed by atoms with Crippen LogP contribution in [0.5, 0.6) is 0 Å². The molecular formula is C19H29ClN5O9PS. The van der Waals surface area contributed by atoms with Gasteiger partial charge in [-0.25, -0.2) is 13.1 Å². The van der Waals surface area contributed by atoms with Crippen LogP contribution in [-0.2, 0) is 23.9 Å². The van der Waals surface area contributed by atoms with Gasteiger partial charge in [0.25, 0.3) is 0 Å². The van der Waals surface area contributed by atoms with E-state index in [1.54, 1.807) is 0 Å². The molecule has 0 spiro atoms. The molecule has 2 aromatic heterocycles. The zero-order chi connectivity index (χ0) is 26.5. The van der Waals surface area contributed by atoms with E-state index < -0.39 is 59.7 Å². The van der Waals surface area contributed by atoms with Crippen molar-refractivity contribution in [2.24, 2.45) is 0 Å². The zero-order valence-corrected chi connectivity index (χ0v) is 22.0. The molecule has 36 heavy (non-hydrogen) atoms. The van der Waals surface area contributed by atoms with Crippen LogP contribution in [0.4, 0.5) is 5.82 Å². The summed E-state index contributed by atoms with van der Waals surface area (Å²) in [4.78, 5) is 27.8. The number of aliphatic hydroxyl groups is 2. The fourth-order valence-corrected chi connectivity index (χ4v) is 7.33. The van der Waals surface area contributed by atoms with Crippen molar-refractivity contribution < 1.29 is 42.5 Å². The number of ether oxygens (including phenoxy) is 2. The van der Waals surface area contributed by atoms with Crippen LogP contribution in [0.3, 0.4) is 0 Å². The Morgan fingerprint density at radius 1 is 1.28 bits per heavy atom. The van der Waals surface area contributed by atoms with E-state index in [1.165, 1.54) is 10.9 Å². The molecular weight excluding hydrogens is 541 g/mol. The smallest absolute Gasteiger partial charge is 0.357 e. The first-order chi connectivity index (χ1) is 16.7. The first-order valence-electron chi connectivity index (χ1n) is 11.2. The summed E-state index contributed by atoms with van der Waals surface area (Å²) in [6.07, 6.45) is 0.921. The van der Waals surface area contributed by atoms with Crippen LogP contribution in [0, 0.1) is 0 Å². The molecule has 2 aliphatic rings. The van der Waals surface area contributed by atoms with E-state index in [0.29, 0.717) is 11.2 Å². The van der Waals surface area contributed by atoms with Crippen molar-refractivity contribution >= 4 is 45.9 Å². The second-order valence-corrected chi connectivity index (χ2v) is 14.0. The van der Waals surface area contributed by atoms with Gasteiger partial charge in [-0.05, 0) is 31.4 Å². The fraction of sp³-hybridized carbons (Fsp3) is 0.737. The highest BCUT2D eigenvalue weighted by atomic mass is 35.5. The van der Waals surface area contributed by atoms with Gasteiger partial charge in [0.15, 0.2) is 27.1 Å². The van der Waals surface area contributed by atoms with Crippen LogP contribution in [-0.4, -0.2) is 96.5 Å². The Labute approximate surface area is 212 Å². The molecule has 1 saturated heterocycles. The van der Waals surface area contributed by atoms with E-state index in [1.807, 2.05) is 0 Å². The lowest BCUT2D eigenvalue weighted by molar-refractivity contribution is -0.0899. The standard InChI is InChI=1S/C19H29ClN5O9PS/c1-19(35(28,29)30,9-36(2,31)32)33-8-12-13(26)14(27)17(34-12)25-16-11(7-21-25)15(23-18(20)24-16)22-10-5-3-4-6-10/h7,10,12-14,17,26-27H,3-6,8-9H2,1-2H3,(H,22,23,24)(H2,28,29,30)/t12-,13-,14-,17-,19+/m1/s1. The Morgan fingerprint density at radius 3 is 2.56 bits per heavy atom. The summed E-state index contributed by atoms with van der Waals surface area (Å²) in [7, 11) is -8.89. The normalized spacial score (nSPS) is 27.5. The number of sulfone groups is 1. The van der Waals surface area contributed by atoms with Gasteiger partial charge in [-0.15, -0.1) is 0 Å². The predicted molar refractivity (Wildman–Crippen MR) is 128 cm³/mol. The van der Waals surface area contributed by atoms with E-state index >= 15 is 0 Å². The Morgan fingerprint density at radius 2 is 1.94 bits per heavy atom. The molecule has 0 unspecified atom stereocenters. The van der Waals surface area contributed by atoms with Gasteiger partial charge >= 0.3 is 7.60 Å². The number of aliphatic hydroxyl groups excluding tert-OH is 2. The SMILES string of the molecule is C[C@](CS(C)(=O)=O)(OC[C@H]1O[C@@H](n2ncc3c(NC4CCCC4)nc(Cl)nc32)[C@H](O)[C@@H]1O)P(=O)(O)O. The maximum atomic E-state index is 12.0. The van der Waals surface area contributed by atoms with Gasteiger partial charge in [0.2, 0.25) is 5.28 Å². The number of hydrogen-bond acceptors (Lipinski definition) is 11. The molecule has 0 radical (unpaired) electrons. The molecule has 17 heteroatoms. The minimum atomic E-state index is -5.05. The molecule has 1 aliphatic heterocycles. The third-order valence-electron chi connectivity index (χ3n) is 6.41. The highest BCUT2D eigenvalue weighted by Gasteiger charge is 2.50. The second-order valence-electron chi connectivity index (χ2n) is 9.44. The molecule has 0 aromatic carbocycles. The minimum Gasteiger partial charge on any atom is -0.387 e. The molecule has 14 nitrogen and oxygen atoms in total. The molecule has 5 atom stereocenters. The number of anilines is 1. The third-order valence-corrected chi connectivity index (χ3v) is 9.38. The van der Waals surface area contributed by atoms with Gasteiger partial charge in [0.1, 0.15) is 24.1 Å². The average Bonchev–Trinajstić information content (AvgIpc) is 3.46. The van der Waals surface area contributed by atoms with Crippen molar-refractivity contribution in [3.05, 3.63) is 11.5 Å². The highest BCUT2D eigenvalue weighted by molar-refractivity contribution is 7.91. The first kappa shape index (κ1) is 27.6. The van der Waals surface area contributed by atoms with Crippen molar-refractivity contribution in [2.45, 2.75) is 68.5 Å². The van der Waals surface area contributed by atoms with Crippen LogP contribution in [0.1, 0.15) is 38.8 Å². The van der Waals surface area contributed by atoms with Crippen molar-refractivity contribution in [2.75, 3.05) is 23.9 Å².